The van der Waals surface area contributed by atoms with Crippen LogP contribution in [-0.4, -0.2) is 30.4 Å². The van der Waals surface area contributed by atoms with Crippen LogP contribution in [0.1, 0.15) is 31.2 Å². The minimum absolute atomic E-state index is 0.0913. The van der Waals surface area contributed by atoms with Gasteiger partial charge in [0.2, 0.25) is 6.10 Å². The van der Waals surface area contributed by atoms with E-state index < -0.39 is 18.0 Å². The molecule has 0 bridgehead atoms. The van der Waals surface area contributed by atoms with E-state index in [1.165, 1.54) is 6.08 Å². The Morgan fingerprint density at radius 2 is 1.96 bits per heavy atom. The number of rotatable bonds is 8. The summed E-state index contributed by atoms with van der Waals surface area (Å²) in [6.45, 7) is 3.76. The predicted molar refractivity (Wildman–Crippen MR) is 92.7 cm³/mol. The molecule has 0 unspecified atom stereocenters. The number of ketones is 1. The molecule has 5 nitrogen and oxygen atoms in total. The average Bonchev–Trinajstić information content (AvgIpc) is 2.62. The molecule has 1 aliphatic rings. The second-order valence-electron chi connectivity index (χ2n) is 5.82. The van der Waals surface area contributed by atoms with Crippen molar-refractivity contribution >= 4 is 17.7 Å². The minimum atomic E-state index is -1.04. The van der Waals surface area contributed by atoms with Crippen LogP contribution in [0.3, 0.4) is 0 Å². The van der Waals surface area contributed by atoms with Gasteiger partial charge < -0.3 is 9.47 Å². The summed E-state index contributed by atoms with van der Waals surface area (Å²) in [4.78, 5) is 36.1. The van der Waals surface area contributed by atoms with E-state index >= 15 is 0 Å². The van der Waals surface area contributed by atoms with E-state index in [1.54, 1.807) is 6.08 Å². The molecule has 5 heteroatoms. The molecule has 1 atom stereocenters. The lowest BCUT2D eigenvalue weighted by atomic mass is 9.99. The van der Waals surface area contributed by atoms with Crippen LogP contribution in [0.4, 0.5) is 0 Å². The van der Waals surface area contributed by atoms with Crippen molar-refractivity contribution in [1.29, 1.82) is 0 Å². The van der Waals surface area contributed by atoms with Gasteiger partial charge in [-0.3, -0.25) is 4.79 Å². The Morgan fingerprint density at radius 1 is 1.20 bits per heavy atom. The van der Waals surface area contributed by atoms with E-state index in [0.717, 1.165) is 5.56 Å². The smallest absolute Gasteiger partial charge is 0.347 e. The largest absolute Gasteiger partial charge is 0.463 e. The zero-order valence-electron chi connectivity index (χ0n) is 14.1. The summed E-state index contributed by atoms with van der Waals surface area (Å²) in [7, 11) is 0. The highest BCUT2D eigenvalue weighted by Crippen LogP contribution is 2.18. The molecule has 0 aromatic heterocycles. The Bertz CT molecular complexity index is 660. The third-order valence-electron chi connectivity index (χ3n) is 3.81. The normalized spacial score (nSPS) is 15.0. The van der Waals surface area contributed by atoms with Gasteiger partial charge >= 0.3 is 11.9 Å². The summed E-state index contributed by atoms with van der Waals surface area (Å²) in [5.41, 5.74) is 1.17. The van der Waals surface area contributed by atoms with E-state index in [0.29, 0.717) is 31.3 Å². The van der Waals surface area contributed by atoms with Gasteiger partial charge in [0.15, 0.2) is 5.78 Å². The number of carbonyl (C=O) groups excluding carboxylic acids is 3. The van der Waals surface area contributed by atoms with Gasteiger partial charge in [-0.05, 0) is 30.9 Å². The maximum atomic E-state index is 12.3. The highest BCUT2D eigenvalue weighted by Gasteiger charge is 2.27. The van der Waals surface area contributed by atoms with Crippen molar-refractivity contribution in [2.45, 2.75) is 38.2 Å². The molecule has 0 aliphatic heterocycles. The highest BCUT2D eigenvalue weighted by molar-refractivity contribution is 6.01. The number of ether oxygens (including phenoxy) is 2. The van der Waals surface area contributed by atoms with E-state index in [4.69, 9.17) is 9.47 Å². The van der Waals surface area contributed by atoms with Crippen molar-refractivity contribution in [2.24, 2.45) is 0 Å². The van der Waals surface area contributed by atoms with E-state index in [-0.39, 0.29) is 18.8 Å². The van der Waals surface area contributed by atoms with Crippen molar-refractivity contribution in [3.05, 3.63) is 60.2 Å². The standard InChI is InChI=1S/C20H22O5/c1-2-3-12-24-20(23)18(13-15-8-5-4-6-9-15)25-19(22)16-10-7-11-17(21)14-16/h2,4-6,8-9,14,18H,1,3,7,10-13H2/t18-/m0/s1. The first-order valence-corrected chi connectivity index (χ1v) is 8.36. The molecule has 0 radical (unpaired) electrons. The van der Waals surface area contributed by atoms with E-state index in [9.17, 15) is 14.4 Å². The third-order valence-corrected chi connectivity index (χ3v) is 3.81. The molecule has 0 heterocycles. The van der Waals surface area contributed by atoms with Gasteiger partial charge in [0, 0.05) is 18.4 Å². The summed E-state index contributed by atoms with van der Waals surface area (Å²) in [5.74, 6) is -1.32. The molecule has 132 valence electrons. The maximum Gasteiger partial charge on any atom is 0.347 e. The SMILES string of the molecule is C=CCCOC(=O)[C@H](Cc1ccccc1)OC(=O)C1=CC(=O)CCC1. The van der Waals surface area contributed by atoms with Gasteiger partial charge in [0.05, 0.1) is 6.61 Å². The van der Waals surface area contributed by atoms with E-state index in [1.807, 2.05) is 30.3 Å². The molecule has 0 fully saturated rings. The lowest BCUT2D eigenvalue weighted by Gasteiger charge is -2.19. The number of allylic oxidation sites excluding steroid dienone is 1. The van der Waals surface area contributed by atoms with Crippen molar-refractivity contribution in [3.63, 3.8) is 0 Å². The number of esters is 2. The van der Waals surface area contributed by atoms with Gasteiger partial charge in [-0.15, -0.1) is 6.58 Å². The molecule has 1 aromatic rings. The first-order valence-electron chi connectivity index (χ1n) is 8.36. The first-order chi connectivity index (χ1) is 12.1. The van der Waals surface area contributed by atoms with Crippen LogP contribution in [0.5, 0.6) is 0 Å². The number of benzene rings is 1. The molecule has 0 N–H and O–H groups in total. The van der Waals surface area contributed by atoms with Crippen molar-refractivity contribution in [1.82, 2.24) is 0 Å². The van der Waals surface area contributed by atoms with Crippen LogP contribution in [-0.2, 0) is 30.3 Å². The topological polar surface area (TPSA) is 69.7 Å². The highest BCUT2D eigenvalue weighted by atomic mass is 16.6. The van der Waals surface area contributed by atoms with Crippen molar-refractivity contribution < 1.29 is 23.9 Å². The van der Waals surface area contributed by atoms with Crippen molar-refractivity contribution in [3.8, 4) is 0 Å². The molecule has 25 heavy (non-hydrogen) atoms. The monoisotopic (exact) mass is 342 g/mol. The third kappa shape index (κ3) is 6.03. The molecule has 0 spiro atoms. The number of hydrogen-bond donors (Lipinski definition) is 0. The number of carbonyl (C=O) groups is 3. The minimum Gasteiger partial charge on any atom is -0.463 e. The van der Waals surface area contributed by atoms with Gasteiger partial charge in [-0.2, -0.15) is 0 Å². The quantitative estimate of drug-likeness (QED) is 0.413. The fourth-order valence-corrected chi connectivity index (χ4v) is 2.49. The molecule has 0 amide bonds. The van der Waals surface area contributed by atoms with Crippen molar-refractivity contribution in [2.75, 3.05) is 6.61 Å². The Kier molecular flexibility index (Phi) is 7.14. The first kappa shape index (κ1) is 18.6. The Labute approximate surface area is 147 Å². The summed E-state index contributed by atoms with van der Waals surface area (Å²) in [5, 5.41) is 0. The summed E-state index contributed by atoms with van der Waals surface area (Å²) < 4.78 is 10.5. The van der Waals surface area contributed by atoms with Gasteiger partial charge in [0.25, 0.3) is 0 Å². The van der Waals surface area contributed by atoms with Gasteiger partial charge in [0.1, 0.15) is 0 Å². The maximum absolute atomic E-state index is 12.3. The lowest BCUT2D eigenvalue weighted by molar-refractivity contribution is -0.165. The second kappa shape index (κ2) is 9.57. The van der Waals surface area contributed by atoms with E-state index in [2.05, 4.69) is 6.58 Å². The second-order valence-corrected chi connectivity index (χ2v) is 5.82. The molecular weight excluding hydrogens is 320 g/mol. The Morgan fingerprint density at radius 3 is 2.64 bits per heavy atom. The molecule has 1 aromatic carbocycles. The summed E-state index contributed by atoms with van der Waals surface area (Å²) in [6.07, 6.45) is 4.20. The van der Waals surface area contributed by atoms with Crippen LogP contribution in [0.15, 0.2) is 54.6 Å². The molecular formula is C20H22O5. The molecule has 0 saturated heterocycles. The fourth-order valence-electron chi connectivity index (χ4n) is 2.49. The lowest BCUT2D eigenvalue weighted by Crippen LogP contribution is -2.32. The fraction of sp³-hybridized carbons (Fsp3) is 0.350. The molecule has 0 saturated carbocycles. The van der Waals surface area contributed by atoms with Crippen LogP contribution in [0.25, 0.3) is 0 Å². The predicted octanol–water partition coefficient (Wildman–Crippen LogP) is 2.94. The average molecular weight is 342 g/mol. The zero-order chi connectivity index (χ0) is 18.1. The van der Waals surface area contributed by atoms with Crippen LogP contribution < -0.4 is 0 Å². The Hall–Kier alpha value is -2.69. The van der Waals surface area contributed by atoms with Gasteiger partial charge in [-0.1, -0.05) is 36.4 Å². The molecule has 1 aliphatic carbocycles. The van der Waals surface area contributed by atoms with Crippen LogP contribution in [0, 0.1) is 0 Å². The van der Waals surface area contributed by atoms with Gasteiger partial charge in [-0.25, -0.2) is 9.59 Å². The zero-order valence-corrected chi connectivity index (χ0v) is 14.1. The summed E-state index contributed by atoms with van der Waals surface area (Å²) >= 11 is 0. The van der Waals surface area contributed by atoms with Crippen LogP contribution in [0.2, 0.25) is 0 Å². The molecule has 2 rings (SSSR count). The van der Waals surface area contributed by atoms with Crippen LogP contribution >= 0.6 is 0 Å². The summed E-state index contributed by atoms with van der Waals surface area (Å²) in [6, 6.07) is 9.26. The Balaban J connectivity index is 2.07. The number of hydrogen-bond acceptors (Lipinski definition) is 5.